The quantitative estimate of drug-likeness (QED) is 0.560. The van der Waals surface area contributed by atoms with Crippen LogP contribution >= 0.6 is 11.3 Å². The molecule has 0 fully saturated rings. The van der Waals surface area contributed by atoms with Gasteiger partial charge in [0.2, 0.25) is 0 Å². The minimum absolute atomic E-state index is 0.0104. The summed E-state index contributed by atoms with van der Waals surface area (Å²) in [7, 11) is 0. The predicted octanol–water partition coefficient (Wildman–Crippen LogP) is 3.74. The van der Waals surface area contributed by atoms with Crippen LogP contribution in [0.25, 0.3) is 10.8 Å². The van der Waals surface area contributed by atoms with E-state index in [2.05, 4.69) is 48.4 Å². The highest BCUT2D eigenvalue weighted by Crippen LogP contribution is 2.22. The van der Waals surface area contributed by atoms with Gasteiger partial charge in [0.15, 0.2) is 12.6 Å². The summed E-state index contributed by atoms with van der Waals surface area (Å²) in [5.41, 5.74) is 2.08. The molecule has 0 spiro atoms. The van der Waals surface area contributed by atoms with Crippen molar-refractivity contribution in [2.75, 3.05) is 11.9 Å². The minimum Gasteiger partial charge on any atom is -0.414 e. The van der Waals surface area contributed by atoms with Crippen molar-refractivity contribution in [3.63, 3.8) is 0 Å². The number of aromatic nitrogens is 2. The summed E-state index contributed by atoms with van der Waals surface area (Å²) in [5.74, 6) is 1.55. The van der Waals surface area contributed by atoms with Crippen molar-refractivity contribution in [2.45, 2.75) is 52.6 Å². The maximum atomic E-state index is 12.8. The van der Waals surface area contributed by atoms with Gasteiger partial charge in [0.25, 0.3) is 17.7 Å². The van der Waals surface area contributed by atoms with Crippen LogP contribution in [0.1, 0.15) is 51.5 Å². The second-order valence-electron chi connectivity index (χ2n) is 7.55. The molecule has 2 aromatic heterocycles. The Hall–Kier alpha value is -2.51. The van der Waals surface area contributed by atoms with Crippen LogP contribution in [0.2, 0.25) is 0 Å². The van der Waals surface area contributed by atoms with Gasteiger partial charge in [0.1, 0.15) is 0 Å². The van der Waals surface area contributed by atoms with Gasteiger partial charge in [0.05, 0.1) is 11.4 Å². The SMILES string of the molecule is CCC[NH+](Cc1nnc(-c2cccs2)o1)[C@H](C)C(=O)Nc1ccc(C(C)C)cc1. The van der Waals surface area contributed by atoms with Gasteiger partial charge in [-0.2, -0.15) is 0 Å². The molecule has 3 rings (SSSR count). The Labute approximate surface area is 176 Å². The van der Waals surface area contributed by atoms with E-state index in [1.807, 2.05) is 36.6 Å². The van der Waals surface area contributed by atoms with E-state index < -0.39 is 0 Å². The summed E-state index contributed by atoms with van der Waals surface area (Å²) in [6.45, 7) is 9.73. The molecule has 2 N–H and O–H groups in total. The van der Waals surface area contributed by atoms with Gasteiger partial charge in [0, 0.05) is 5.69 Å². The molecule has 1 aromatic carbocycles. The van der Waals surface area contributed by atoms with Crippen molar-refractivity contribution in [3.8, 4) is 10.8 Å². The summed E-state index contributed by atoms with van der Waals surface area (Å²) in [4.78, 5) is 14.9. The number of carbonyl (C=O) groups excluding carboxylic acids is 1. The molecule has 0 aliphatic carbocycles. The van der Waals surface area contributed by atoms with Crippen LogP contribution in [-0.2, 0) is 11.3 Å². The molecule has 29 heavy (non-hydrogen) atoms. The zero-order valence-corrected chi connectivity index (χ0v) is 18.3. The number of hydrogen-bond acceptors (Lipinski definition) is 5. The first-order valence-electron chi connectivity index (χ1n) is 10.1. The van der Waals surface area contributed by atoms with Gasteiger partial charge in [-0.05, 0) is 48.4 Å². The van der Waals surface area contributed by atoms with E-state index >= 15 is 0 Å². The number of nitrogens with zero attached hydrogens (tertiary/aromatic N) is 2. The Morgan fingerprint density at radius 1 is 1.17 bits per heavy atom. The van der Waals surface area contributed by atoms with Crippen LogP contribution in [0.4, 0.5) is 5.69 Å². The molecular formula is C22H29N4O2S+. The molecular weight excluding hydrogens is 384 g/mol. The Bertz CT molecular complexity index is 903. The van der Waals surface area contributed by atoms with Crippen LogP contribution < -0.4 is 10.2 Å². The summed E-state index contributed by atoms with van der Waals surface area (Å²) in [6.07, 6.45) is 0.960. The molecule has 0 saturated carbocycles. The average Bonchev–Trinajstić information content (AvgIpc) is 3.39. The Morgan fingerprint density at radius 2 is 1.93 bits per heavy atom. The van der Waals surface area contributed by atoms with Gasteiger partial charge in [-0.3, -0.25) is 4.79 Å². The van der Waals surface area contributed by atoms with E-state index in [1.165, 1.54) is 5.56 Å². The highest BCUT2D eigenvalue weighted by atomic mass is 32.1. The molecule has 6 nitrogen and oxygen atoms in total. The summed E-state index contributed by atoms with van der Waals surface area (Å²) >= 11 is 1.57. The molecule has 0 saturated heterocycles. The molecule has 154 valence electrons. The highest BCUT2D eigenvalue weighted by Gasteiger charge is 2.27. The fourth-order valence-corrected chi connectivity index (χ4v) is 3.83. The normalized spacial score (nSPS) is 13.4. The number of rotatable bonds is 9. The van der Waals surface area contributed by atoms with Crippen LogP contribution in [0, 0.1) is 0 Å². The monoisotopic (exact) mass is 413 g/mol. The summed E-state index contributed by atoms with van der Waals surface area (Å²) < 4.78 is 5.82. The molecule has 1 amide bonds. The lowest BCUT2D eigenvalue weighted by Crippen LogP contribution is -3.15. The second-order valence-corrected chi connectivity index (χ2v) is 8.50. The summed E-state index contributed by atoms with van der Waals surface area (Å²) in [5, 5.41) is 13.3. The first-order valence-corrected chi connectivity index (χ1v) is 11.0. The fourth-order valence-electron chi connectivity index (χ4n) is 3.19. The van der Waals surface area contributed by atoms with Gasteiger partial charge in [-0.1, -0.05) is 39.0 Å². The van der Waals surface area contributed by atoms with Gasteiger partial charge in [-0.25, -0.2) is 0 Å². The van der Waals surface area contributed by atoms with E-state index in [0.717, 1.165) is 28.4 Å². The average molecular weight is 414 g/mol. The lowest BCUT2D eigenvalue weighted by Gasteiger charge is -2.23. The predicted molar refractivity (Wildman–Crippen MR) is 116 cm³/mol. The topological polar surface area (TPSA) is 72.5 Å². The number of hydrogen-bond donors (Lipinski definition) is 2. The lowest BCUT2D eigenvalue weighted by molar-refractivity contribution is -0.928. The first-order chi connectivity index (χ1) is 14.0. The molecule has 7 heteroatoms. The third-order valence-electron chi connectivity index (χ3n) is 5.00. The highest BCUT2D eigenvalue weighted by molar-refractivity contribution is 7.13. The largest absolute Gasteiger partial charge is 0.414 e. The van der Waals surface area contributed by atoms with Gasteiger partial charge < -0.3 is 14.6 Å². The van der Waals surface area contributed by atoms with Gasteiger partial charge >= 0.3 is 0 Å². The third kappa shape index (κ3) is 5.52. The first kappa shape index (κ1) is 21.2. The molecule has 2 heterocycles. The number of nitrogens with one attached hydrogen (secondary N) is 2. The van der Waals surface area contributed by atoms with Crippen LogP contribution in [0.15, 0.2) is 46.2 Å². The van der Waals surface area contributed by atoms with Crippen molar-refractivity contribution in [1.82, 2.24) is 10.2 Å². The molecule has 0 aliphatic rings. The number of carbonyl (C=O) groups is 1. The molecule has 1 unspecified atom stereocenters. The summed E-state index contributed by atoms with van der Waals surface area (Å²) in [6, 6.07) is 11.7. The van der Waals surface area contributed by atoms with Crippen molar-refractivity contribution >= 4 is 22.9 Å². The number of thiophene rings is 1. The van der Waals surface area contributed by atoms with E-state index in [9.17, 15) is 4.79 Å². The van der Waals surface area contributed by atoms with Crippen molar-refractivity contribution in [1.29, 1.82) is 0 Å². The van der Waals surface area contributed by atoms with E-state index in [4.69, 9.17) is 4.42 Å². The third-order valence-corrected chi connectivity index (χ3v) is 5.86. The number of benzene rings is 1. The zero-order valence-electron chi connectivity index (χ0n) is 17.4. The molecule has 0 aliphatic heterocycles. The Kier molecular flexibility index (Phi) is 7.17. The fraction of sp³-hybridized carbons (Fsp3) is 0.409. The van der Waals surface area contributed by atoms with Gasteiger partial charge in [-0.15, -0.1) is 21.5 Å². The standard InChI is InChI=1S/C22H28N4O2S/c1-5-12-26(14-20-24-25-22(28-20)19-7-6-13-29-19)16(4)21(27)23-18-10-8-17(9-11-18)15(2)3/h6-11,13,15-16H,5,12,14H2,1-4H3,(H,23,27)/p+1/t16-/m1/s1. The van der Waals surface area contributed by atoms with Crippen LogP contribution in [-0.4, -0.2) is 28.7 Å². The molecule has 0 bridgehead atoms. The van der Waals surface area contributed by atoms with Crippen molar-refractivity contribution in [3.05, 3.63) is 53.2 Å². The zero-order chi connectivity index (χ0) is 20.8. The smallest absolute Gasteiger partial charge is 0.282 e. The Morgan fingerprint density at radius 3 is 2.55 bits per heavy atom. The Balaban J connectivity index is 1.65. The number of anilines is 1. The maximum absolute atomic E-state index is 12.8. The van der Waals surface area contributed by atoms with Crippen LogP contribution in [0.3, 0.4) is 0 Å². The van der Waals surface area contributed by atoms with E-state index in [1.54, 1.807) is 11.3 Å². The lowest BCUT2D eigenvalue weighted by atomic mass is 10.0. The molecule has 2 atom stereocenters. The van der Waals surface area contributed by atoms with Crippen molar-refractivity contribution in [2.24, 2.45) is 0 Å². The number of amides is 1. The van der Waals surface area contributed by atoms with Crippen molar-refractivity contribution < 1.29 is 14.1 Å². The minimum atomic E-state index is -0.239. The van der Waals surface area contributed by atoms with E-state index in [-0.39, 0.29) is 11.9 Å². The maximum Gasteiger partial charge on any atom is 0.282 e. The molecule has 3 aromatic rings. The second kappa shape index (κ2) is 9.80. The van der Waals surface area contributed by atoms with E-state index in [0.29, 0.717) is 24.2 Å². The molecule has 0 radical (unpaired) electrons. The van der Waals surface area contributed by atoms with Crippen LogP contribution in [0.5, 0.6) is 0 Å². The number of quaternary nitrogens is 1.